The van der Waals surface area contributed by atoms with Crippen LogP contribution in [0.3, 0.4) is 0 Å². The number of nitro groups is 1. The van der Waals surface area contributed by atoms with E-state index in [0.717, 1.165) is 0 Å². The molecule has 7 nitrogen and oxygen atoms in total. The summed E-state index contributed by atoms with van der Waals surface area (Å²) >= 11 is 0. The second-order valence-electron chi connectivity index (χ2n) is 4.55. The summed E-state index contributed by atoms with van der Waals surface area (Å²) in [5, 5.41) is 19.6. The number of hydrogen-bond acceptors (Lipinski definition) is 5. The van der Waals surface area contributed by atoms with Gasteiger partial charge in [0.15, 0.2) is 6.10 Å². The summed E-state index contributed by atoms with van der Waals surface area (Å²) < 4.78 is 5.30. The molecular formula is C12H16N2O5. The second-order valence-corrected chi connectivity index (χ2v) is 4.55. The average Bonchev–Trinajstić information content (AvgIpc) is 2.26. The topological polar surface area (TPSA) is 116 Å². The molecule has 1 aromatic carbocycles. The molecule has 0 aromatic heterocycles. The number of nitrogen functional groups attached to an aromatic ring is 1. The molecule has 0 amide bonds. The van der Waals surface area contributed by atoms with Crippen LogP contribution in [0.25, 0.3) is 0 Å². The van der Waals surface area contributed by atoms with E-state index in [1.807, 2.05) is 13.8 Å². The Balaban J connectivity index is 2.88. The Bertz CT molecular complexity index is 487. The van der Waals surface area contributed by atoms with E-state index in [2.05, 4.69) is 0 Å². The van der Waals surface area contributed by atoms with Crippen molar-refractivity contribution < 1.29 is 19.6 Å². The maximum absolute atomic E-state index is 11.0. The number of hydrogen-bond donors (Lipinski definition) is 2. The molecule has 0 radical (unpaired) electrons. The molecule has 0 spiro atoms. The summed E-state index contributed by atoms with van der Waals surface area (Å²) in [4.78, 5) is 21.0. The van der Waals surface area contributed by atoms with Crippen molar-refractivity contribution in [3.63, 3.8) is 0 Å². The number of carbonyl (C=O) groups is 1. The number of carboxylic acids is 1. The van der Waals surface area contributed by atoms with E-state index in [1.165, 1.54) is 18.2 Å². The van der Waals surface area contributed by atoms with Crippen molar-refractivity contribution in [2.24, 2.45) is 5.92 Å². The molecule has 19 heavy (non-hydrogen) atoms. The third kappa shape index (κ3) is 4.13. The van der Waals surface area contributed by atoms with Crippen molar-refractivity contribution in [2.45, 2.75) is 26.4 Å². The Morgan fingerprint density at radius 1 is 1.53 bits per heavy atom. The summed E-state index contributed by atoms with van der Waals surface area (Å²) in [7, 11) is 0. The largest absolute Gasteiger partial charge is 0.479 e. The SMILES string of the molecule is CC(C)CC(Oc1ccc([N+](=O)[O-])c(N)c1)C(=O)O. The monoisotopic (exact) mass is 268 g/mol. The first-order chi connectivity index (χ1) is 8.81. The zero-order chi connectivity index (χ0) is 14.6. The van der Waals surface area contributed by atoms with Crippen molar-refractivity contribution in [3.8, 4) is 5.75 Å². The maximum Gasteiger partial charge on any atom is 0.344 e. The molecule has 0 saturated heterocycles. The van der Waals surface area contributed by atoms with Crippen LogP contribution < -0.4 is 10.5 Å². The molecule has 0 fully saturated rings. The number of nitro benzene ring substituents is 1. The van der Waals surface area contributed by atoms with Gasteiger partial charge in [0.25, 0.3) is 5.69 Å². The van der Waals surface area contributed by atoms with Crippen LogP contribution in [0.2, 0.25) is 0 Å². The molecule has 104 valence electrons. The van der Waals surface area contributed by atoms with Gasteiger partial charge in [0, 0.05) is 12.1 Å². The molecule has 1 atom stereocenters. The second kappa shape index (κ2) is 6.03. The summed E-state index contributed by atoms with van der Waals surface area (Å²) in [5.74, 6) is -0.724. The van der Waals surface area contributed by atoms with Crippen molar-refractivity contribution in [1.29, 1.82) is 0 Å². The van der Waals surface area contributed by atoms with Crippen molar-refractivity contribution in [1.82, 2.24) is 0 Å². The van der Waals surface area contributed by atoms with E-state index < -0.39 is 17.0 Å². The zero-order valence-corrected chi connectivity index (χ0v) is 10.7. The zero-order valence-electron chi connectivity index (χ0n) is 10.7. The van der Waals surface area contributed by atoms with Crippen LogP contribution in [0.5, 0.6) is 5.75 Å². The van der Waals surface area contributed by atoms with Crippen LogP contribution >= 0.6 is 0 Å². The van der Waals surface area contributed by atoms with Crippen LogP contribution in [0.1, 0.15) is 20.3 Å². The van der Waals surface area contributed by atoms with Gasteiger partial charge in [-0.2, -0.15) is 0 Å². The minimum absolute atomic E-state index is 0.0591. The Kier molecular flexibility index (Phi) is 4.68. The van der Waals surface area contributed by atoms with Gasteiger partial charge in [-0.05, 0) is 18.4 Å². The standard InChI is InChI=1S/C12H16N2O5/c1-7(2)5-11(12(15)16)19-8-3-4-10(14(17)18)9(13)6-8/h3-4,6-7,11H,5,13H2,1-2H3,(H,15,16). The fraction of sp³-hybridized carbons (Fsp3) is 0.417. The van der Waals surface area contributed by atoms with Gasteiger partial charge in [0.05, 0.1) is 4.92 Å². The molecule has 7 heteroatoms. The van der Waals surface area contributed by atoms with Crippen LogP contribution in [0.4, 0.5) is 11.4 Å². The third-order valence-electron chi connectivity index (χ3n) is 2.43. The van der Waals surface area contributed by atoms with Crippen LogP contribution in [-0.2, 0) is 4.79 Å². The van der Waals surface area contributed by atoms with Gasteiger partial charge in [-0.25, -0.2) is 4.79 Å². The summed E-state index contributed by atoms with van der Waals surface area (Å²) in [6.07, 6.45) is -0.660. The molecule has 1 rings (SSSR count). The molecule has 0 heterocycles. The molecule has 0 aliphatic heterocycles. The van der Waals surface area contributed by atoms with Crippen LogP contribution in [-0.4, -0.2) is 22.1 Å². The molecule has 0 aliphatic carbocycles. The lowest BCUT2D eigenvalue weighted by Gasteiger charge is -2.17. The van der Waals surface area contributed by atoms with Crippen molar-refractivity contribution in [2.75, 3.05) is 5.73 Å². The first-order valence-electron chi connectivity index (χ1n) is 5.74. The molecule has 3 N–H and O–H groups in total. The van der Waals surface area contributed by atoms with Gasteiger partial charge >= 0.3 is 5.97 Å². The van der Waals surface area contributed by atoms with E-state index >= 15 is 0 Å². The third-order valence-corrected chi connectivity index (χ3v) is 2.43. The summed E-state index contributed by atoms with van der Waals surface area (Å²) in [6, 6.07) is 3.79. The van der Waals surface area contributed by atoms with Gasteiger partial charge in [0.1, 0.15) is 11.4 Å². The highest BCUT2D eigenvalue weighted by Crippen LogP contribution is 2.27. The molecular weight excluding hydrogens is 252 g/mol. The van der Waals surface area contributed by atoms with Gasteiger partial charge in [-0.3, -0.25) is 10.1 Å². The predicted octanol–water partition coefficient (Wildman–Crippen LogP) is 2.06. The summed E-state index contributed by atoms with van der Waals surface area (Å²) in [6.45, 7) is 3.76. The van der Waals surface area contributed by atoms with Gasteiger partial charge in [-0.1, -0.05) is 13.8 Å². The first kappa shape index (κ1) is 14.7. The molecule has 0 saturated carbocycles. The van der Waals surface area contributed by atoms with Crippen LogP contribution in [0, 0.1) is 16.0 Å². The normalized spacial score (nSPS) is 12.2. The molecule has 1 aromatic rings. The Labute approximate surface area is 110 Å². The average molecular weight is 268 g/mol. The number of rotatable bonds is 6. The maximum atomic E-state index is 11.0. The van der Waals surface area contributed by atoms with Gasteiger partial charge < -0.3 is 15.6 Å². The quantitative estimate of drug-likeness (QED) is 0.463. The lowest BCUT2D eigenvalue weighted by molar-refractivity contribution is -0.383. The predicted molar refractivity (Wildman–Crippen MR) is 69.0 cm³/mol. The Hall–Kier alpha value is -2.31. The molecule has 0 aliphatic rings. The Morgan fingerprint density at radius 2 is 2.16 bits per heavy atom. The van der Waals surface area contributed by atoms with E-state index in [1.54, 1.807) is 0 Å². The lowest BCUT2D eigenvalue weighted by atomic mass is 10.1. The summed E-state index contributed by atoms with van der Waals surface area (Å²) in [5.41, 5.74) is 5.21. The number of carboxylic acid groups (broad SMARTS) is 1. The highest BCUT2D eigenvalue weighted by Gasteiger charge is 2.21. The number of anilines is 1. The number of nitrogens with two attached hydrogens (primary N) is 1. The van der Waals surface area contributed by atoms with E-state index in [4.69, 9.17) is 15.6 Å². The fourth-order valence-corrected chi connectivity index (χ4v) is 1.56. The highest BCUT2D eigenvalue weighted by atomic mass is 16.6. The minimum Gasteiger partial charge on any atom is -0.479 e. The first-order valence-corrected chi connectivity index (χ1v) is 5.74. The van der Waals surface area contributed by atoms with Gasteiger partial charge in [-0.15, -0.1) is 0 Å². The highest BCUT2D eigenvalue weighted by molar-refractivity contribution is 5.73. The number of benzene rings is 1. The number of aliphatic carboxylic acids is 1. The fourth-order valence-electron chi connectivity index (χ4n) is 1.56. The molecule has 1 unspecified atom stereocenters. The van der Waals surface area contributed by atoms with E-state index in [-0.39, 0.29) is 23.0 Å². The van der Waals surface area contributed by atoms with Gasteiger partial charge in [0.2, 0.25) is 0 Å². The number of ether oxygens (including phenoxy) is 1. The number of nitrogens with zero attached hydrogens (tertiary/aromatic N) is 1. The smallest absolute Gasteiger partial charge is 0.344 e. The van der Waals surface area contributed by atoms with Crippen LogP contribution in [0.15, 0.2) is 18.2 Å². The Morgan fingerprint density at radius 3 is 2.58 bits per heavy atom. The minimum atomic E-state index is -1.08. The lowest BCUT2D eigenvalue weighted by Crippen LogP contribution is -2.28. The molecule has 0 bridgehead atoms. The van der Waals surface area contributed by atoms with Crippen molar-refractivity contribution >= 4 is 17.3 Å². The van der Waals surface area contributed by atoms with E-state index in [0.29, 0.717) is 6.42 Å². The van der Waals surface area contributed by atoms with E-state index in [9.17, 15) is 14.9 Å². The van der Waals surface area contributed by atoms with Crippen molar-refractivity contribution in [3.05, 3.63) is 28.3 Å².